The van der Waals surface area contributed by atoms with Gasteiger partial charge in [0.05, 0.1) is 18.5 Å². The van der Waals surface area contributed by atoms with Crippen molar-refractivity contribution in [1.29, 1.82) is 0 Å². The van der Waals surface area contributed by atoms with Crippen LogP contribution in [0, 0.1) is 17.0 Å². The number of aromatic nitrogens is 3. The smallest absolute Gasteiger partial charge is 0.434 e. The summed E-state index contributed by atoms with van der Waals surface area (Å²) in [6.07, 6.45) is 5.76. The second-order valence-corrected chi connectivity index (χ2v) is 4.91. The Morgan fingerprint density at radius 1 is 1.44 bits per heavy atom. The quantitative estimate of drug-likeness (QED) is 0.300. The maximum Gasteiger partial charge on any atom is 0.434 e. The summed E-state index contributed by atoms with van der Waals surface area (Å²) in [5.41, 5.74) is 0.858. The first-order chi connectivity index (χ1) is 12.1. The van der Waals surface area contributed by atoms with Gasteiger partial charge in [0.15, 0.2) is 5.76 Å². The first-order valence-corrected chi connectivity index (χ1v) is 7.41. The average Bonchev–Trinajstić information content (AvgIpc) is 3.32. The molecule has 1 amide bonds. The van der Waals surface area contributed by atoms with Crippen molar-refractivity contribution >= 4 is 12.4 Å². The number of nitro groups is 1. The number of hydrogen-bond donors (Lipinski definition) is 1. The SMILES string of the molecule is Cc1cc(-c2ccco2)on1.O=CNCCCn1ccnc1[N+](=O)[O-]. The van der Waals surface area contributed by atoms with Gasteiger partial charge >= 0.3 is 5.95 Å². The lowest BCUT2D eigenvalue weighted by molar-refractivity contribution is -0.396. The Labute approximate surface area is 142 Å². The molecular formula is C15H17N5O5. The summed E-state index contributed by atoms with van der Waals surface area (Å²) in [7, 11) is 0. The summed E-state index contributed by atoms with van der Waals surface area (Å²) in [6.45, 7) is 2.84. The van der Waals surface area contributed by atoms with Gasteiger partial charge in [-0.15, -0.1) is 0 Å². The molecule has 10 heteroatoms. The van der Waals surface area contributed by atoms with Gasteiger partial charge in [0.2, 0.25) is 12.2 Å². The lowest BCUT2D eigenvalue weighted by Gasteiger charge is -2.00. The molecule has 1 N–H and O–H groups in total. The molecule has 3 aromatic rings. The molecule has 3 aromatic heterocycles. The number of nitrogens with zero attached hydrogens (tertiary/aromatic N) is 4. The predicted octanol–water partition coefficient (Wildman–Crippen LogP) is 2.17. The third kappa shape index (κ3) is 5.30. The number of carbonyl (C=O) groups excluding carboxylic acids is 1. The number of rotatable bonds is 7. The zero-order valence-electron chi connectivity index (χ0n) is 13.5. The minimum Gasteiger partial charge on any atom is -0.461 e. The summed E-state index contributed by atoms with van der Waals surface area (Å²) >= 11 is 0. The monoisotopic (exact) mass is 347 g/mol. The molecule has 3 heterocycles. The molecule has 0 spiro atoms. The number of amides is 1. The minimum absolute atomic E-state index is 0.170. The van der Waals surface area contributed by atoms with Crippen molar-refractivity contribution in [3.05, 3.63) is 52.7 Å². The van der Waals surface area contributed by atoms with E-state index in [2.05, 4.69) is 15.5 Å². The van der Waals surface area contributed by atoms with Crippen LogP contribution in [0.5, 0.6) is 0 Å². The minimum atomic E-state index is -0.535. The van der Waals surface area contributed by atoms with E-state index in [1.807, 2.05) is 25.1 Å². The van der Waals surface area contributed by atoms with Crippen molar-refractivity contribution in [2.24, 2.45) is 0 Å². The molecule has 0 radical (unpaired) electrons. The van der Waals surface area contributed by atoms with Crippen LogP contribution in [0.4, 0.5) is 5.95 Å². The number of hydrogen-bond acceptors (Lipinski definition) is 7. The van der Waals surface area contributed by atoms with E-state index in [9.17, 15) is 14.9 Å². The Morgan fingerprint density at radius 2 is 2.28 bits per heavy atom. The van der Waals surface area contributed by atoms with Crippen molar-refractivity contribution in [2.45, 2.75) is 19.9 Å². The molecule has 0 fully saturated rings. The molecule has 0 atom stereocenters. The van der Waals surface area contributed by atoms with Crippen LogP contribution in [-0.4, -0.2) is 32.6 Å². The molecule has 0 aliphatic carbocycles. The number of furan rings is 1. The summed E-state index contributed by atoms with van der Waals surface area (Å²) in [4.78, 5) is 23.4. The first-order valence-electron chi connectivity index (χ1n) is 7.41. The molecule has 10 nitrogen and oxygen atoms in total. The highest BCUT2D eigenvalue weighted by molar-refractivity contribution is 5.49. The zero-order chi connectivity index (χ0) is 18.1. The van der Waals surface area contributed by atoms with Crippen molar-refractivity contribution < 1.29 is 18.7 Å². The lowest BCUT2D eigenvalue weighted by atomic mass is 10.3. The summed E-state index contributed by atoms with van der Waals surface area (Å²) in [6, 6.07) is 5.48. The standard InChI is InChI=1S/C8H7NO2.C7H10N4O3/c1-6-5-8(11-9-6)7-3-2-4-10-7;12-6-8-2-1-4-10-5-3-9-7(10)11(13)14/h2-5H,1H3;3,5-6H,1-2,4H2,(H,8,12). The topological polar surface area (TPSA) is 129 Å². The van der Waals surface area contributed by atoms with Gasteiger partial charge in [-0.05, 0) is 30.4 Å². The van der Waals surface area contributed by atoms with Crippen LogP contribution >= 0.6 is 0 Å². The van der Waals surface area contributed by atoms with E-state index in [1.165, 1.54) is 10.8 Å². The largest absolute Gasteiger partial charge is 0.461 e. The van der Waals surface area contributed by atoms with Gasteiger partial charge in [0.25, 0.3) is 0 Å². The predicted molar refractivity (Wildman–Crippen MR) is 86.5 cm³/mol. The van der Waals surface area contributed by atoms with E-state index < -0.39 is 4.92 Å². The molecule has 0 aromatic carbocycles. The fourth-order valence-electron chi connectivity index (χ4n) is 1.96. The van der Waals surface area contributed by atoms with Gasteiger partial charge in [-0.25, -0.2) is 4.57 Å². The Hall–Kier alpha value is -3.43. The molecule has 0 aliphatic heterocycles. The molecule has 3 rings (SSSR count). The van der Waals surface area contributed by atoms with Crippen LogP contribution in [0.1, 0.15) is 12.1 Å². The van der Waals surface area contributed by atoms with Gasteiger partial charge in [0.1, 0.15) is 12.4 Å². The van der Waals surface area contributed by atoms with E-state index in [4.69, 9.17) is 8.94 Å². The number of carbonyl (C=O) groups is 1. The van der Waals surface area contributed by atoms with Gasteiger partial charge in [0, 0.05) is 12.6 Å². The number of imidazole rings is 1. The molecule has 25 heavy (non-hydrogen) atoms. The van der Waals surface area contributed by atoms with Crippen LogP contribution in [0.2, 0.25) is 0 Å². The zero-order valence-corrected chi connectivity index (χ0v) is 13.5. The van der Waals surface area contributed by atoms with Crippen LogP contribution in [0.3, 0.4) is 0 Å². The van der Waals surface area contributed by atoms with E-state index >= 15 is 0 Å². The Balaban J connectivity index is 0.000000185. The Morgan fingerprint density at radius 3 is 2.88 bits per heavy atom. The van der Waals surface area contributed by atoms with Crippen molar-refractivity contribution in [3.63, 3.8) is 0 Å². The van der Waals surface area contributed by atoms with E-state index in [0.717, 1.165) is 5.69 Å². The normalized spacial score (nSPS) is 9.96. The highest BCUT2D eigenvalue weighted by Crippen LogP contribution is 2.19. The maximum atomic E-state index is 10.4. The van der Waals surface area contributed by atoms with Gasteiger partial charge in [-0.1, -0.05) is 10.1 Å². The summed E-state index contributed by atoms with van der Waals surface area (Å²) in [5.74, 6) is 1.22. The molecule has 132 valence electrons. The first kappa shape index (κ1) is 17.9. The molecule has 0 unspecified atom stereocenters. The highest BCUT2D eigenvalue weighted by atomic mass is 16.6. The van der Waals surface area contributed by atoms with Gasteiger partial charge in [-0.3, -0.25) is 4.79 Å². The van der Waals surface area contributed by atoms with E-state index in [1.54, 1.807) is 12.5 Å². The highest BCUT2D eigenvalue weighted by Gasteiger charge is 2.12. The average molecular weight is 347 g/mol. The Kier molecular flexibility index (Phi) is 6.46. The Bertz CT molecular complexity index is 793. The maximum absolute atomic E-state index is 10.4. The fourth-order valence-corrected chi connectivity index (χ4v) is 1.96. The second kappa shape index (κ2) is 9.01. The molecular weight excluding hydrogens is 330 g/mol. The van der Waals surface area contributed by atoms with Crippen molar-refractivity contribution in [3.8, 4) is 11.5 Å². The third-order valence-corrected chi connectivity index (χ3v) is 3.05. The van der Waals surface area contributed by atoms with Crippen LogP contribution in [0.15, 0.2) is 45.8 Å². The molecule has 0 aliphatic rings. The third-order valence-electron chi connectivity index (χ3n) is 3.05. The molecule has 0 saturated carbocycles. The van der Waals surface area contributed by atoms with Crippen molar-refractivity contribution in [1.82, 2.24) is 20.0 Å². The van der Waals surface area contributed by atoms with E-state index in [-0.39, 0.29) is 5.95 Å². The lowest BCUT2D eigenvalue weighted by Crippen LogP contribution is -2.14. The molecule has 0 saturated heterocycles. The fraction of sp³-hybridized carbons (Fsp3) is 0.267. The van der Waals surface area contributed by atoms with Gasteiger partial charge < -0.3 is 24.4 Å². The van der Waals surface area contributed by atoms with Crippen LogP contribution in [0.25, 0.3) is 11.5 Å². The summed E-state index contributed by atoms with van der Waals surface area (Å²) < 4.78 is 11.5. The van der Waals surface area contributed by atoms with Gasteiger partial charge in [-0.2, -0.15) is 0 Å². The summed E-state index contributed by atoms with van der Waals surface area (Å²) in [5, 5.41) is 16.6. The van der Waals surface area contributed by atoms with Crippen LogP contribution < -0.4 is 5.32 Å². The van der Waals surface area contributed by atoms with Crippen LogP contribution in [-0.2, 0) is 11.3 Å². The number of aryl methyl sites for hydroxylation is 2. The van der Waals surface area contributed by atoms with E-state index in [0.29, 0.717) is 37.4 Å². The second-order valence-electron chi connectivity index (χ2n) is 4.91. The number of nitrogens with one attached hydrogen (secondary N) is 1. The van der Waals surface area contributed by atoms with Crippen molar-refractivity contribution in [2.75, 3.05) is 6.54 Å². The molecule has 0 bridgehead atoms.